The zero-order chi connectivity index (χ0) is 4.99. The molecule has 0 aliphatic heterocycles. The number of hydrogen-bond donors (Lipinski definition) is 0. The highest BCUT2D eigenvalue weighted by atomic mass is 32.1. The highest BCUT2D eigenvalue weighted by Crippen LogP contribution is 1.88. The second kappa shape index (κ2) is 3.08. The molecule has 0 bridgehead atoms. The van der Waals surface area contributed by atoms with Crippen molar-refractivity contribution >= 4 is 17.2 Å². The second-order valence-corrected chi connectivity index (χ2v) is 1.44. The zero-order valence-corrected chi connectivity index (χ0v) is 4.93. The molecule has 0 aromatic carbocycles. The van der Waals surface area contributed by atoms with Gasteiger partial charge in [0.15, 0.2) is 0 Å². The lowest BCUT2D eigenvalue weighted by Crippen LogP contribution is -1.65. The highest BCUT2D eigenvalue weighted by molar-refractivity contribution is 7.78. The van der Waals surface area contributed by atoms with E-state index in [-0.39, 0.29) is 0 Å². The Balaban J connectivity index is 3.52. The van der Waals surface area contributed by atoms with Crippen LogP contribution in [0.5, 0.6) is 0 Å². The van der Waals surface area contributed by atoms with Crippen LogP contribution in [-0.4, -0.2) is 5.02 Å². The van der Waals surface area contributed by atoms with Crippen LogP contribution in [0.15, 0.2) is 5.57 Å². The molecule has 0 N–H and O–H groups in total. The van der Waals surface area contributed by atoms with Gasteiger partial charge >= 0.3 is 0 Å². The van der Waals surface area contributed by atoms with Crippen LogP contribution in [0.2, 0.25) is 0 Å². The Kier molecular flexibility index (Phi) is 3.01. The van der Waals surface area contributed by atoms with E-state index in [2.05, 4.69) is 24.2 Å². The highest BCUT2D eigenvalue weighted by Gasteiger charge is 1.73. The lowest BCUT2D eigenvalue weighted by molar-refractivity contribution is 1.13. The molecule has 0 heterocycles. The summed E-state index contributed by atoms with van der Waals surface area (Å²) in [5, 5.41) is 2.61. The Hall–Kier alpha value is -0.130. The average molecular weight is 100 g/mol. The van der Waals surface area contributed by atoms with Crippen molar-refractivity contribution < 1.29 is 0 Å². The van der Waals surface area contributed by atoms with E-state index >= 15 is 0 Å². The number of hydrogen-bond acceptors (Lipinski definition) is 1. The third-order valence-corrected chi connectivity index (χ3v) is 1.05. The van der Waals surface area contributed by atoms with E-state index in [0.29, 0.717) is 0 Å². The molecule has 0 saturated heterocycles. The first-order chi connectivity index (χ1) is 2.81. The molecule has 0 fully saturated rings. The van der Waals surface area contributed by atoms with Gasteiger partial charge in [-0.1, -0.05) is 6.92 Å². The Labute approximate surface area is 43.9 Å². The topological polar surface area (TPSA) is 0 Å². The van der Waals surface area contributed by atoms with Gasteiger partial charge in [-0.3, -0.25) is 0 Å². The molecule has 0 aromatic heterocycles. The van der Waals surface area contributed by atoms with E-state index in [4.69, 9.17) is 0 Å². The van der Waals surface area contributed by atoms with Crippen molar-refractivity contribution in [2.45, 2.75) is 20.3 Å². The van der Waals surface area contributed by atoms with Gasteiger partial charge in [0.25, 0.3) is 0 Å². The summed E-state index contributed by atoms with van der Waals surface area (Å²) < 4.78 is 0. The minimum Gasteiger partial charge on any atom is -0.0610 e. The smallest absolute Gasteiger partial charge is 0.0201 e. The van der Waals surface area contributed by atoms with Crippen LogP contribution in [0, 0.1) is 0 Å². The molecule has 0 unspecified atom stereocenters. The summed E-state index contributed by atoms with van der Waals surface area (Å²) in [5.41, 5.74) is 1.16. The second-order valence-electron chi connectivity index (χ2n) is 1.24. The Morgan fingerprint density at radius 1 is 1.83 bits per heavy atom. The largest absolute Gasteiger partial charge is 0.0610 e. The van der Waals surface area contributed by atoms with E-state index in [9.17, 15) is 0 Å². The molecule has 1 heteroatoms. The number of rotatable bonds is 1. The molecule has 0 aliphatic rings. The van der Waals surface area contributed by atoms with Crippen LogP contribution in [0.3, 0.4) is 0 Å². The van der Waals surface area contributed by atoms with Crippen molar-refractivity contribution in [3.05, 3.63) is 5.57 Å². The summed E-state index contributed by atoms with van der Waals surface area (Å²) in [6.45, 7) is 4.04. The summed E-state index contributed by atoms with van der Waals surface area (Å²) in [6.07, 6.45) is 1.03. The fraction of sp³-hybridized carbons (Fsp3) is 0.600. The maximum Gasteiger partial charge on any atom is -0.0201 e. The summed E-state index contributed by atoms with van der Waals surface area (Å²) >= 11 is 4.49. The van der Waals surface area contributed by atoms with Crippen molar-refractivity contribution in [2.24, 2.45) is 0 Å². The number of allylic oxidation sites excluding steroid dienone is 1. The molecule has 0 amide bonds. The van der Waals surface area contributed by atoms with Crippen LogP contribution in [-0.2, 0) is 0 Å². The molecule has 0 rings (SSSR count). The lowest BCUT2D eigenvalue weighted by Gasteiger charge is -1.78. The predicted molar refractivity (Wildman–Crippen MR) is 32.1 cm³/mol. The van der Waals surface area contributed by atoms with Crippen LogP contribution in [0.25, 0.3) is 0 Å². The van der Waals surface area contributed by atoms with E-state index in [1.165, 1.54) is 0 Å². The summed E-state index contributed by atoms with van der Waals surface area (Å²) in [6, 6.07) is 0. The normalized spacial score (nSPS) is 7.00. The Bertz CT molecular complexity index is 77.9. The van der Waals surface area contributed by atoms with E-state index in [1.54, 1.807) is 0 Å². The third kappa shape index (κ3) is 2.13. The molecule has 0 nitrogen and oxygen atoms in total. The van der Waals surface area contributed by atoms with Gasteiger partial charge in [-0.15, -0.1) is 0 Å². The quantitative estimate of drug-likeness (QED) is 0.454. The van der Waals surface area contributed by atoms with Gasteiger partial charge in [0.05, 0.1) is 0 Å². The molecule has 0 radical (unpaired) electrons. The van der Waals surface area contributed by atoms with E-state index < -0.39 is 0 Å². The van der Waals surface area contributed by atoms with Gasteiger partial charge in [0.1, 0.15) is 0 Å². The Morgan fingerprint density at radius 3 is 2.33 bits per heavy atom. The first kappa shape index (κ1) is 5.87. The monoisotopic (exact) mass is 100 g/mol. The standard InChI is InChI=1S/C5H8S/c1-3-5(2)4-6/h3H2,1-2H3. The molecule has 0 atom stereocenters. The SMILES string of the molecule is CCC(C)=C=S. The first-order valence-corrected chi connectivity index (χ1v) is 2.42. The van der Waals surface area contributed by atoms with Gasteiger partial charge in [-0.25, -0.2) is 0 Å². The first-order valence-electron chi connectivity index (χ1n) is 2.01. The molecule has 0 spiro atoms. The maximum absolute atomic E-state index is 4.49. The van der Waals surface area contributed by atoms with Gasteiger partial charge in [-0.05, 0) is 36.2 Å². The lowest BCUT2D eigenvalue weighted by atomic mass is 10.3. The Morgan fingerprint density at radius 2 is 2.33 bits per heavy atom. The fourth-order valence-electron chi connectivity index (χ4n) is 0.0722. The van der Waals surface area contributed by atoms with Crippen LogP contribution in [0.1, 0.15) is 20.3 Å². The van der Waals surface area contributed by atoms with E-state index in [0.717, 1.165) is 12.0 Å². The van der Waals surface area contributed by atoms with Crippen molar-refractivity contribution in [3.63, 3.8) is 0 Å². The van der Waals surface area contributed by atoms with Crippen LogP contribution < -0.4 is 0 Å². The fourth-order valence-corrected chi connectivity index (χ4v) is 0.217. The van der Waals surface area contributed by atoms with Gasteiger partial charge < -0.3 is 0 Å². The van der Waals surface area contributed by atoms with E-state index in [1.807, 2.05) is 6.92 Å². The van der Waals surface area contributed by atoms with Crippen LogP contribution >= 0.6 is 12.2 Å². The van der Waals surface area contributed by atoms with Crippen molar-refractivity contribution in [1.29, 1.82) is 0 Å². The minimum atomic E-state index is 1.03. The summed E-state index contributed by atoms with van der Waals surface area (Å²) in [7, 11) is 0. The van der Waals surface area contributed by atoms with Gasteiger partial charge in [0.2, 0.25) is 0 Å². The summed E-state index contributed by atoms with van der Waals surface area (Å²) in [5.74, 6) is 0. The van der Waals surface area contributed by atoms with Gasteiger partial charge in [0, 0.05) is 0 Å². The predicted octanol–water partition coefficient (Wildman–Crippen LogP) is 1.94. The molecular weight excluding hydrogens is 92.1 g/mol. The van der Waals surface area contributed by atoms with Crippen LogP contribution in [0.4, 0.5) is 0 Å². The third-order valence-electron chi connectivity index (χ3n) is 0.705. The van der Waals surface area contributed by atoms with Crippen molar-refractivity contribution in [1.82, 2.24) is 0 Å². The van der Waals surface area contributed by atoms with Crippen molar-refractivity contribution in [2.75, 3.05) is 0 Å². The molecule has 0 aromatic rings. The van der Waals surface area contributed by atoms with Gasteiger partial charge in [-0.2, -0.15) is 0 Å². The molecule has 0 aliphatic carbocycles. The zero-order valence-electron chi connectivity index (χ0n) is 4.12. The number of thiocarbonyl (C=S) groups is 1. The average Bonchev–Trinajstić information content (AvgIpc) is 1.65. The molecule has 0 saturated carbocycles. The maximum atomic E-state index is 4.49. The molecular formula is C5H8S. The summed E-state index contributed by atoms with van der Waals surface area (Å²) in [4.78, 5) is 0. The minimum absolute atomic E-state index is 1.03. The van der Waals surface area contributed by atoms with Crippen molar-refractivity contribution in [3.8, 4) is 0 Å². The molecule has 6 heavy (non-hydrogen) atoms. The molecule has 34 valence electrons.